The Labute approximate surface area is 155 Å². The van der Waals surface area contributed by atoms with Crippen molar-refractivity contribution in [2.75, 3.05) is 55.9 Å². The molecular formula is C17H23N5O3S. The van der Waals surface area contributed by atoms with Gasteiger partial charge in [0.05, 0.1) is 12.2 Å². The second-order valence-corrected chi connectivity index (χ2v) is 7.04. The number of hydrogen-bond acceptors (Lipinski definition) is 8. The van der Waals surface area contributed by atoms with E-state index >= 15 is 0 Å². The first-order valence-electron chi connectivity index (χ1n) is 8.48. The van der Waals surface area contributed by atoms with E-state index in [1.54, 1.807) is 31.2 Å². The summed E-state index contributed by atoms with van der Waals surface area (Å²) in [6.07, 6.45) is 0. The van der Waals surface area contributed by atoms with Crippen molar-refractivity contribution < 1.29 is 9.53 Å². The molecule has 140 valence electrons. The lowest BCUT2D eigenvalue weighted by Crippen LogP contribution is -2.44. The number of rotatable bonds is 5. The first-order chi connectivity index (χ1) is 12.5. The van der Waals surface area contributed by atoms with Crippen LogP contribution in [-0.2, 0) is 4.74 Å². The van der Waals surface area contributed by atoms with Gasteiger partial charge in [0.2, 0.25) is 0 Å². The largest absolute Gasteiger partial charge is 0.462 e. The van der Waals surface area contributed by atoms with Gasteiger partial charge < -0.3 is 25.7 Å². The minimum atomic E-state index is -0.358. The molecule has 2 heterocycles. The third-order valence-electron chi connectivity index (χ3n) is 4.27. The van der Waals surface area contributed by atoms with Gasteiger partial charge in [-0.25, -0.2) is 4.79 Å². The van der Waals surface area contributed by atoms with E-state index in [0.29, 0.717) is 18.0 Å². The molecule has 9 heteroatoms. The summed E-state index contributed by atoms with van der Waals surface area (Å²) < 4.78 is 6.12. The van der Waals surface area contributed by atoms with Crippen molar-refractivity contribution >= 4 is 33.8 Å². The third-order valence-corrected chi connectivity index (χ3v) is 5.29. The number of anilines is 3. The van der Waals surface area contributed by atoms with Crippen molar-refractivity contribution in [3.63, 3.8) is 0 Å². The highest BCUT2D eigenvalue weighted by atomic mass is 32.1. The Kier molecular flexibility index (Phi) is 5.48. The molecule has 0 unspecified atom stereocenters. The molecule has 0 bridgehead atoms. The van der Waals surface area contributed by atoms with Crippen LogP contribution < -0.4 is 20.9 Å². The molecule has 2 aromatic rings. The number of thiazole rings is 1. The topological polar surface area (TPSA) is 92.8 Å². The lowest BCUT2D eigenvalue weighted by molar-refractivity contribution is 0.0526. The SMILES string of the molecule is CCOC(=O)c1ccc(Nc2c(N3CCN(C)CC3)sc(=O)n2N)cc1. The zero-order chi connectivity index (χ0) is 18.7. The van der Waals surface area contributed by atoms with E-state index in [2.05, 4.69) is 22.2 Å². The number of benzene rings is 1. The molecule has 3 rings (SSSR count). The molecule has 1 aliphatic rings. The molecule has 1 aromatic carbocycles. The number of nitrogens with one attached hydrogen (secondary N) is 1. The van der Waals surface area contributed by atoms with Crippen LogP contribution in [0.15, 0.2) is 29.1 Å². The van der Waals surface area contributed by atoms with Gasteiger partial charge in [0.15, 0.2) is 5.82 Å². The number of ether oxygens (including phenoxy) is 1. The maximum Gasteiger partial charge on any atom is 0.338 e. The molecule has 8 nitrogen and oxygen atoms in total. The van der Waals surface area contributed by atoms with Crippen LogP contribution in [0, 0.1) is 0 Å². The fourth-order valence-corrected chi connectivity index (χ4v) is 3.67. The van der Waals surface area contributed by atoms with E-state index in [1.165, 1.54) is 0 Å². The minimum absolute atomic E-state index is 0.218. The van der Waals surface area contributed by atoms with Crippen LogP contribution in [-0.4, -0.2) is 55.4 Å². The number of piperazine rings is 1. The number of aromatic nitrogens is 1. The summed E-state index contributed by atoms with van der Waals surface area (Å²) in [5, 5.41) is 4.04. The molecule has 0 radical (unpaired) electrons. The summed E-state index contributed by atoms with van der Waals surface area (Å²) in [6, 6.07) is 6.90. The molecule has 0 spiro atoms. The molecule has 0 amide bonds. The highest BCUT2D eigenvalue weighted by Crippen LogP contribution is 2.31. The third kappa shape index (κ3) is 3.83. The van der Waals surface area contributed by atoms with E-state index in [0.717, 1.165) is 52.9 Å². The predicted molar refractivity (Wildman–Crippen MR) is 104 cm³/mol. The lowest BCUT2D eigenvalue weighted by atomic mass is 10.2. The predicted octanol–water partition coefficient (Wildman–Crippen LogP) is 1.30. The molecule has 3 N–H and O–H groups in total. The second-order valence-electron chi connectivity index (χ2n) is 6.10. The van der Waals surface area contributed by atoms with Crippen LogP contribution in [0.1, 0.15) is 17.3 Å². The molecule has 1 saturated heterocycles. The first-order valence-corrected chi connectivity index (χ1v) is 9.30. The molecule has 1 aliphatic heterocycles. The molecule has 1 fully saturated rings. The van der Waals surface area contributed by atoms with E-state index < -0.39 is 0 Å². The van der Waals surface area contributed by atoms with Crippen LogP contribution in [0.3, 0.4) is 0 Å². The normalized spacial score (nSPS) is 15.1. The average Bonchev–Trinajstić information content (AvgIpc) is 2.91. The number of likely N-dealkylation sites (N-methyl/N-ethyl adjacent to an activating group) is 1. The van der Waals surface area contributed by atoms with Crippen molar-refractivity contribution in [1.29, 1.82) is 0 Å². The van der Waals surface area contributed by atoms with Gasteiger partial charge in [-0.3, -0.25) is 4.79 Å². The van der Waals surface area contributed by atoms with Crippen LogP contribution in [0.4, 0.5) is 16.5 Å². The number of carbonyl (C=O) groups is 1. The zero-order valence-electron chi connectivity index (χ0n) is 14.9. The monoisotopic (exact) mass is 377 g/mol. The van der Waals surface area contributed by atoms with E-state index in [1.807, 2.05) is 0 Å². The van der Waals surface area contributed by atoms with Gasteiger partial charge in [0.1, 0.15) is 5.00 Å². The number of esters is 1. The maximum absolute atomic E-state index is 12.1. The summed E-state index contributed by atoms with van der Waals surface area (Å²) in [6.45, 7) is 5.65. The number of nitrogens with zero attached hydrogens (tertiary/aromatic N) is 3. The zero-order valence-corrected chi connectivity index (χ0v) is 15.7. The average molecular weight is 377 g/mol. The van der Waals surface area contributed by atoms with Crippen molar-refractivity contribution in [2.24, 2.45) is 0 Å². The number of carbonyl (C=O) groups excluding carboxylic acids is 1. The Morgan fingerprint density at radius 2 is 1.88 bits per heavy atom. The van der Waals surface area contributed by atoms with Gasteiger partial charge in [0.25, 0.3) is 0 Å². The van der Waals surface area contributed by atoms with Crippen LogP contribution in [0.2, 0.25) is 0 Å². The van der Waals surface area contributed by atoms with Gasteiger partial charge in [-0.2, -0.15) is 4.68 Å². The highest BCUT2D eigenvalue weighted by molar-refractivity contribution is 7.14. The van der Waals surface area contributed by atoms with Gasteiger partial charge in [-0.1, -0.05) is 11.3 Å². The Balaban J connectivity index is 1.81. The van der Waals surface area contributed by atoms with E-state index in [-0.39, 0.29) is 10.8 Å². The summed E-state index contributed by atoms with van der Waals surface area (Å²) in [4.78, 5) is 28.0. The minimum Gasteiger partial charge on any atom is -0.462 e. The molecule has 0 atom stereocenters. The van der Waals surface area contributed by atoms with E-state index in [4.69, 9.17) is 10.6 Å². The fourth-order valence-electron chi connectivity index (χ4n) is 2.75. The van der Waals surface area contributed by atoms with Gasteiger partial charge >= 0.3 is 10.8 Å². The van der Waals surface area contributed by atoms with Crippen LogP contribution in [0.5, 0.6) is 0 Å². The number of nitrogens with two attached hydrogens (primary N) is 1. The van der Waals surface area contributed by atoms with Crippen LogP contribution >= 0.6 is 11.3 Å². The Morgan fingerprint density at radius 1 is 1.23 bits per heavy atom. The van der Waals surface area contributed by atoms with Gasteiger partial charge in [-0.05, 0) is 38.2 Å². The number of hydrogen-bond donors (Lipinski definition) is 2. The van der Waals surface area contributed by atoms with Gasteiger partial charge in [0, 0.05) is 31.9 Å². The van der Waals surface area contributed by atoms with Gasteiger partial charge in [-0.15, -0.1) is 0 Å². The summed E-state index contributed by atoms with van der Waals surface area (Å²) in [5.41, 5.74) is 1.22. The highest BCUT2D eigenvalue weighted by Gasteiger charge is 2.22. The van der Waals surface area contributed by atoms with Crippen molar-refractivity contribution in [1.82, 2.24) is 9.58 Å². The first kappa shape index (κ1) is 18.3. The van der Waals surface area contributed by atoms with Crippen molar-refractivity contribution in [3.8, 4) is 0 Å². The molecule has 26 heavy (non-hydrogen) atoms. The standard InChI is InChI=1S/C17H23N5O3S/c1-3-25-16(23)12-4-6-13(7-5-12)19-14-15(26-17(24)22(14)18)21-10-8-20(2)9-11-21/h4-7,19H,3,8-11,18H2,1-2H3. The summed E-state index contributed by atoms with van der Waals surface area (Å²) in [5.74, 6) is 6.15. The fraction of sp³-hybridized carbons (Fsp3) is 0.412. The Bertz CT molecular complexity index is 822. The quantitative estimate of drug-likeness (QED) is 0.599. The molecule has 1 aromatic heterocycles. The van der Waals surface area contributed by atoms with Crippen molar-refractivity contribution in [3.05, 3.63) is 39.5 Å². The van der Waals surface area contributed by atoms with Crippen molar-refractivity contribution in [2.45, 2.75) is 6.92 Å². The lowest BCUT2D eigenvalue weighted by Gasteiger charge is -2.33. The summed E-state index contributed by atoms with van der Waals surface area (Å²) in [7, 11) is 2.08. The number of nitrogen functional groups attached to an aromatic ring is 1. The molecule has 0 aliphatic carbocycles. The van der Waals surface area contributed by atoms with E-state index in [9.17, 15) is 9.59 Å². The molecule has 0 saturated carbocycles. The summed E-state index contributed by atoms with van der Waals surface area (Å²) >= 11 is 1.14. The maximum atomic E-state index is 12.1. The van der Waals surface area contributed by atoms with Crippen LogP contribution in [0.25, 0.3) is 0 Å². The smallest absolute Gasteiger partial charge is 0.338 e. The Hall–Kier alpha value is -2.52. The second kappa shape index (κ2) is 7.79. The molecular weight excluding hydrogens is 354 g/mol. The Morgan fingerprint density at radius 3 is 2.50 bits per heavy atom.